The average molecular weight is 136 g/mol. The average Bonchev–Trinajstić information content (AvgIpc) is 2.20. The molecule has 1 heteroatoms. The molecule has 0 N–H and O–H groups in total. The van der Waals surface area contributed by atoms with Crippen molar-refractivity contribution in [2.45, 2.75) is 20.3 Å². The minimum atomic E-state index is 0.906. The Bertz CT molecular complexity index is 233. The van der Waals surface area contributed by atoms with Gasteiger partial charge in [-0.15, -0.1) is 6.58 Å². The molecule has 1 aromatic rings. The fraction of sp³-hybridized carbons (Fsp3) is 0.333. The van der Waals surface area contributed by atoms with Crippen LogP contribution in [-0.4, -0.2) is 0 Å². The molecule has 1 rings (SSSR count). The summed E-state index contributed by atoms with van der Waals surface area (Å²) in [4.78, 5) is 0. The van der Waals surface area contributed by atoms with Gasteiger partial charge < -0.3 is 4.42 Å². The molecule has 0 saturated carbocycles. The standard InChI is InChI=1S/C9H12O/c1-4-5-9-6-10-8(3)7(9)2/h4,6H,1,5H2,2-3H3. The van der Waals surface area contributed by atoms with E-state index >= 15 is 0 Å². The van der Waals surface area contributed by atoms with Crippen molar-refractivity contribution in [3.63, 3.8) is 0 Å². The van der Waals surface area contributed by atoms with Gasteiger partial charge in [0.1, 0.15) is 5.76 Å². The van der Waals surface area contributed by atoms with E-state index in [9.17, 15) is 0 Å². The highest BCUT2D eigenvalue weighted by Gasteiger charge is 2.01. The summed E-state index contributed by atoms with van der Waals surface area (Å²) in [6, 6.07) is 0. The van der Waals surface area contributed by atoms with E-state index in [4.69, 9.17) is 4.42 Å². The van der Waals surface area contributed by atoms with Gasteiger partial charge in [0, 0.05) is 0 Å². The zero-order valence-corrected chi connectivity index (χ0v) is 6.48. The lowest BCUT2D eigenvalue weighted by Gasteiger charge is -1.90. The molecule has 0 aliphatic rings. The minimum absolute atomic E-state index is 0.906. The molecule has 0 amide bonds. The second-order valence-electron chi connectivity index (χ2n) is 2.43. The third-order valence-electron chi connectivity index (χ3n) is 1.75. The summed E-state index contributed by atoms with van der Waals surface area (Å²) in [5, 5.41) is 0. The largest absolute Gasteiger partial charge is 0.469 e. The van der Waals surface area contributed by atoms with E-state index in [2.05, 4.69) is 13.5 Å². The van der Waals surface area contributed by atoms with E-state index in [-0.39, 0.29) is 0 Å². The molecule has 54 valence electrons. The topological polar surface area (TPSA) is 13.1 Å². The molecule has 0 radical (unpaired) electrons. The first-order chi connectivity index (χ1) is 4.75. The molecule has 0 aliphatic heterocycles. The molecular weight excluding hydrogens is 124 g/mol. The quantitative estimate of drug-likeness (QED) is 0.569. The second kappa shape index (κ2) is 2.74. The number of aryl methyl sites for hydroxylation is 1. The summed E-state index contributed by atoms with van der Waals surface area (Å²) in [5.74, 6) is 1.01. The van der Waals surface area contributed by atoms with Crippen molar-refractivity contribution >= 4 is 0 Å². The van der Waals surface area contributed by atoms with Gasteiger partial charge in [0.25, 0.3) is 0 Å². The van der Waals surface area contributed by atoms with Gasteiger partial charge >= 0.3 is 0 Å². The number of hydrogen-bond acceptors (Lipinski definition) is 1. The highest BCUT2D eigenvalue weighted by atomic mass is 16.3. The van der Waals surface area contributed by atoms with Crippen LogP contribution in [0.5, 0.6) is 0 Å². The van der Waals surface area contributed by atoms with Crippen LogP contribution in [0.2, 0.25) is 0 Å². The third kappa shape index (κ3) is 1.13. The van der Waals surface area contributed by atoms with E-state index in [1.54, 1.807) is 6.26 Å². The smallest absolute Gasteiger partial charge is 0.103 e. The molecule has 1 aromatic heterocycles. The van der Waals surface area contributed by atoms with Crippen LogP contribution in [0, 0.1) is 13.8 Å². The fourth-order valence-corrected chi connectivity index (χ4v) is 0.919. The predicted octanol–water partition coefficient (Wildman–Crippen LogP) is 2.62. The normalized spacial score (nSPS) is 9.80. The Hall–Kier alpha value is -0.980. The lowest BCUT2D eigenvalue weighted by molar-refractivity contribution is 0.530. The number of hydrogen-bond donors (Lipinski definition) is 0. The van der Waals surface area contributed by atoms with Gasteiger partial charge in [-0.3, -0.25) is 0 Å². The first-order valence-electron chi connectivity index (χ1n) is 3.40. The van der Waals surface area contributed by atoms with Crippen molar-refractivity contribution in [2.24, 2.45) is 0 Å². The molecule has 0 aromatic carbocycles. The SMILES string of the molecule is C=CCc1coc(C)c1C. The highest BCUT2D eigenvalue weighted by Crippen LogP contribution is 2.15. The summed E-state index contributed by atoms with van der Waals surface area (Å²) in [6.07, 6.45) is 4.59. The Balaban J connectivity index is 2.93. The zero-order valence-electron chi connectivity index (χ0n) is 6.48. The molecule has 0 bridgehead atoms. The predicted molar refractivity (Wildman–Crippen MR) is 42.1 cm³/mol. The second-order valence-corrected chi connectivity index (χ2v) is 2.43. The van der Waals surface area contributed by atoms with Gasteiger partial charge in [0.2, 0.25) is 0 Å². The third-order valence-corrected chi connectivity index (χ3v) is 1.75. The monoisotopic (exact) mass is 136 g/mol. The van der Waals surface area contributed by atoms with E-state index < -0.39 is 0 Å². The van der Waals surface area contributed by atoms with Gasteiger partial charge in [-0.05, 0) is 31.4 Å². The summed E-state index contributed by atoms with van der Waals surface area (Å²) in [6.45, 7) is 7.71. The molecule has 1 nitrogen and oxygen atoms in total. The Morgan fingerprint density at radius 3 is 2.70 bits per heavy atom. The fourth-order valence-electron chi connectivity index (χ4n) is 0.919. The first-order valence-corrected chi connectivity index (χ1v) is 3.40. The summed E-state index contributed by atoms with van der Waals surface area (Å²) >= 11 is 0. The maximum Gasteiger partial charge on any atom is 0.103 e. The maximum atomic E-state index is 5.20. The van der Waals surface area contributed by atoms with Crippen LogP contribution in [0.3, 0.4) is 0 Å². The number of allylic oxidation sites excluding steroid dienone is 1. The van der Waals surface area contributed by atoms with Crippen LogP contribution >= 0.6 is 0 Å². The number of rotatable bonds is 2. The summed E-state index contributed by atoms with van der Waals surface area (Å²) < 4.78 is 5.20. The van der Waals surface area contributed by atoms with Crippen molar-refractivity contribution in [3.8, 4) is 0 Å². The lowest BCUT2D eigenvalue weighted by Crippen LogP contribution is -1.80. The molecule has 0 fully saturated rings. The molecular formula is C9H12O. The first kappa shape index (κ1) is 7.13. The van der Waals surface area contributed by atoms with Crippen molar-refractivity contribution in [1.29, 1.82) is 0 Å². The summed E-state index contributed by atoms with van der Waals surface area (Å²) in [5.41, 5.74) is 2.49. The molecule has 10 heavy (non-hydrogen) atoms. The Morgan fingerprint density at radius 1 is 1.60 bits per heavy atom. The van der Waals surface area contributed by atoms with E-state index in [1.807, 2.05) is 13.0 Å². The van der Waals surface area contributed by atoms with Crippen molar-refractivity contribution in [3.05, 3.63) is 35.8 Å². The van der Waals surface area contributed by atoms with Gasteiger partial charge in [-0.2, -0.15) is 0 Å². The lowest BCUT2D eigenvalue weighted by atomic mass is 10.1. The highest BCUT2D eigenvalue weighted by molar-refractivity contribution is 5.26. The molecule has 0 aliphatic carbocycles. The van der Waals surface area contributed by atoms with Crippen molar-refractivity contribution in [1.82, 2.24) is 0 Å². The van der Waals surface area contributed by atoms with E-state index in [0.717, 1.165) is 12.2 Å². The Morgan fingerprint density at radius 2 is 2.30 bits per heavy atom. The Labute approximate surface area is 61.4 Å². The molecule has 0 saturated heterocycles. The van der Waals surface area contributed by atoms with Gasteiger partial charge in [-0.25, -0.2) is 0 Å². The van der Waals surface area contributed by atoms with Gasteiger partial charge in [0.15, 0.2) is 0 Å². The number of furan rings is 1. The van der Waals surface area contributed by atoms with Crippen molar-refractivity contribution in [2.75, 3.05) is 0 Å². The molecule has 0 unspecified atom stereocenters. The zero-order chi connectivity index (χ0) is 7.56. The van der Waals surface area contributed by atoms with Crippen LogP contribution in [0.1, 0.15) is 16.9 Å². The van der Waals surface area contributed by atoms with Gasteiger partial charge in [-0.1, -0.05) is 6.08 Å². The van der Waals surface area contributed by atoms with Crippen LogP contribution in [0.25, 0.3) is 0 Å². The molecule has 0 spiro atoms. The summed E-state index contributed by atoms with van der Waals surface area (Å²) in [7, 11) is 0. The van der Waals surface area contributed by atoms with E-state index in [1.165, 1.54) is 11.1 Å². The maximum absolute atomic E-state index is 5.20. The van der Waals surface area contributed by atoms with Crippen LogP contribution in [0.4, 0.5) is 0 Å². The molecule has 0 atom stereocenters. The van der Waals surface area contributed by atoms with Gasteiger partial charge in [0.05, 0.1) is 6.26 Å². The van der Waals surface area contributed by atoms with Crippen LogP contribution < -0.4 is 0 Å². The van der Waals surface area contributed by atoms with Crippen molar-refractivity contribution < 1.29 is 4.42 Å². The molecule has 1 heterocycles. The van der Waals surface area contributed by atoms with E-state index in [0.29, 0.717) is 0 Å². The Kier molecular flexibility index (Phi) is 1.95. The van der Waals surface area contributed by atoms with Crippen LogP contribution in [0.15, 0.2) is 23.3 Å². The minimum Gasteiger partial charge on any atom is -0.469 e. The van der Waals surface area contributed by atoms with Crippen LogP contribution in [-0.2, 0) is 6.42 Å².